The number of nitrogens with one attached hydrogen (secondary N) is 3. The average molecular weight is 438 g/mol. The van der Waals surface area contributed by atoms with Gasteiger partial charge in [0.2, 0.25) is 5.91 Å². The summed E-state index contributed by atoms with van der Waals surface area (Å²) in [6.45, 7) is -0.350. The molecule has 0 heterocycles. The van der Waals surface area contributed by atoms with Crippen molar-refractivity contribution >= 4 is 45.6 Å². The predicted octanol–water partition coefficient (Wildman–Crippen LogP) is 2.39. The Labute approximate surface area is 182 Å². The Morgan fingerprint density at radius 1 is 0.935 bits per heavy atom. The lowest BCUT2D eigenvalue weighted by molar-refractivity contribution is -0.384. The van der Waals surface area contributed by atoms with Gasteiger partial charge in [0.05, 0.1) is 11.3 Å². The number of hydrazine groups is 1. The second kappa shape index (κ2) is 10.1. The van der Waals surface area contributed by atoms with Gasteiger partial charge in [-0.1, -0.05) is 42.5 Å². The summed E-state index contributed by atoms with van der Waals surface area (Å²) in [7, 11) is 0. The van der Waals surface area contributed by atoms with Crippen molar-refractivity contribution < 1.29 is 19.2 Å². The zero-order chi connectivity index (χ0) is 22.2. The summed E-state index contributed by atoms with van der Waals surface area (Å²) >= 11 is 5.01. The normalized spacial score (nSPS) is 10.2. The summed E-state index contributed by atoms with van der Waals surface area (Å²) in [6.07, 6.45) is 0.125. The van der Waals surface area contributed by atoms with Crippen LogP contribution in [0.15, 0.2) is 66.7 Å². The predicted molar refractivity (Wildman–Crippen MR) is 118 cm³/mol. The summed E-state index contributed by atoms with van der Waals surface area (Å²) in [6, 6.07) is 18.8. The molecule has 0 atom stereocenters. The molecule has 0 bridgehead atoms. The molecule has 0 unspecified atom stereocenters. The van der Waals surface area contributed by atoms with E-state index in [0.717, 1.165) is 16.3 Å². The molecule has 0 aromatic heterocycles. The van der Waals surface area contributed by atoms with Crippen LogP contribution in [0, 0.1) is 10.1 Å². The molecule has 10 heteroatoms. The topological polar surface area (TPSA) is 123 Å². The Morgan fingerprint density at radius 3 is 2.39 bits per heavy atom. The third-order valence-electron chi connectivity index (χ3n) is 4.22. The lowest BCUT2D eigenvalue weighted by Gasteiger charge is -2.12. The summed E-state index contributed by atoms with van der Waals surface area (Å²) in [4.78, 5) is 34.2. The number of rotatable bonds is 6. The number of carbonyl (C=O) groups excluding carboxylic acids is 2. The number of non-ortho nitro benzene ring substituents is 1. The van der Waals surface area contributed by atoms with E-state index in [-0.39, 0.29) is 29.7 Å². The minimum atomic E-state index is -0.552. The van der Waals surface area contributed by atoms with Crippen molar-refractivity contribution in [1.29, 1.82) is 0 Å². The summed E-state index contributed by atoms with van der Waals surface area (Å²) in [5, 5.41) is 15.1. The third kappa shape index (κ3) is 6.21. The molecule has 0 radical (unpaired) electrons. The third-order valence-corrected chi connectivity index (χ3v) is 4.42. The molecule has 0 saturated carbocycles. The SMILES string of the molecule is O=C(COc1ccc([N+](=O)[O-])cc1)NNC(=S)NC(=O)Cc1cccc2ccccc12. The monoisotopic (exact) mass is 438 g/mol. The van der Waals surface area contributed by atoms with Gasteiger partial charge >= 0.3 is 0 Å². The van der Waals surface area contributed by atoms with E-state index in [2.05, 4.69) is 16.2 Å². The smallest absolute Gasteiger partial charge is 0.276 e. The van der Waals surface area contributed by atoms with E-state index in [1.54, 1.807) is 0 Å². The van der Waals surface area contributed by atoms with Crippen LogP contribution >= 0.6 is 12.2 Å². The Morgan fingerprint density at radius 2 is 1.65 bits per heavy atom. The molecular weight excluding hydrogens is 420 g/mol. The van der Waals surface area contributed by atoms with Gasteiger partial charge in [-0.2, -0.15) is 0 Å². The lowest BCUT2D eigenvalue weighted by Crippen LogP contribution is -2.49. The van der Waals surface area contributed by atoms with Crippen molar-refractivity contribution in [2.75, 3.05) is 6.61 Å². The molecule has 3 aromatic rings. The molecule has 158 valence electrons. The van der Waals surface area contributed by atoms with E-state index in [1.807, 2.05) is 42.5 Å². The first-order valence-electron chi connectivity index (χ1n) is 9.15. The highest BCUT2D eigenvalue weighted by atomic mass is 32.1. The molecule has 0 aliphatic heterocycles. The van der Waals surface area contributed by atoms with Crippen LogP contribution in [0.4, 0.5) is 5.69 Å². The zero-order valence-electron chi connectivity index (χ0n) is 16.2. The van der Waals surface area contributed by atoms with E-state index in [4.69, 9.17) is 17.0 Å². The molecule has 2 amide bonds. The minimum Gasteiger partial charge on any atom is -0.484 e. The molecule has 31 heavy (non-hydrogen) atoms. The molecule has 0 fully saturated rings. The van der Waals surface area contributed by atoms with Gasteiger partial charge in [0.15, 0.2) is 11.7 Å². The fourth-order valence-corrected chi connectivity index (χ4v) is 2.96. The maximum atomic E-state index is 12.3. The summed E-state index contributed by atoms with van der Waals surface area (Å²) < 4.78 is 5.23. The van der Waals surface area contributed by atoms with Gasteiger partial charge in [0.1, 0.15) is 5.75 Å². The van der Waals surface area contributed by atoms with E-state index in [0.29, 0.717) is 5.75 Å². The molecule has 0 saturated heterocycles. The Bertz CT molecular complexity index is 1130. The van der Waals surface area contributed by atoms with Crippen molar-refractivity contribution in [2.24, 2.45) is 0 Å². The van der Waals surface area contributed by atoms with Gasteiger partial charge in [-0.15, -0.1) is 0 Å². The number of thiocarbonyl (C=S) groups is 1. The van der Waals surface area contributed by atoms with Crippen LogP contribution in [0.5, 0.6) is 5.75 Å². The standard InChI is InChI=1S/C21H18N4O5S/c26-19(12-15-6-3-5-14-4-1-2-7-18(14)15)22-21(31)24-23-20(27)13-30-17-10-8-16(9-11-17)25(28)29/h1-11H,12-13H2,(H,23,27)(H2,22,24,26,31). The van der Waals surface area contributed by atoms with Crippen molar-refractivity contribution in [2.45, 2.75) is 6.42 Å². The maximum absolute atomic E-state index is 12.3. The minimum absolute atomic E-state index is 0.0612. The number of nitro groups is 1. The number of hydrogen-bond acceptors (Lipinski definition) is 6. The van der Waals surface area contributed by atoms with E-state index < -0.39 is 10.8 Å². The largest absolute Gasteiger partial charge is 0.484 e. The second-order valence-electron chi connectivity index (χ2n) is 6.41. The van der Waals surface area contributed by atoms with E-state index in [9.17, 15) is 19.7 Å². The van der Waals surface area contributed by atoms with Gasteiger partial charge < -0.3 is 10.1 Å². The van der Waals surface area contributed by atoms with Crippen molar-refractivity contribution in [1.82, 2.24) is 16.2 Å². The molecule has 0 aliphatic rings. The summed E-state index contributed by atoms with van der Waals surface area (Å²) in [5.74, 6) is -0.582. The first-order valence-corrected chi connectivity index (χ1v) is 9.56. The first-order chi connectivity index (χ1) is 14.9. The highest BCUT2D eigenvalue weighted by molar-refractivity contribution is 7.80. The lowest BCUT2D eigenvalue weighted by atomic mass is 10.0. The Hall–Kier alpha value is -4.05. The van der Waals surface area contributed by atoms with Gasteiger partial charge in [0, 0.05) is 12.1 Å². The zero-order valence-corrected chi connectivity index (χ0v) is 17.0. The van der Waals surface area contributed by atoms with Crippen LogP contribution in [-0.2, 0) is 16.0 Å². The van der Waals surface area contributed by atoms with Crippen LogP contribution in [-0.4, -0.2) is 28.5 Å². The van der Waals surface area contributed by atoms with Gasteiger partial charge in [-0.3, -0.25) is 30.6 Å². The highest BCUT2D eigenvalue weighted by Gasteiger charge is 2.10. The number of hydrogen-bond donors (Lipinski definition) is 3. The fourth-order valence-electron chi connectivity index (χ4n) is 2.80. The van der Waals surface area contributed by atoms with Gasteiger partial charge in [0.25, 0.3) is 11.6 Å². The molecule has 0 aliphatic carbocycles. The van der Waals surface area contributed by atoms with Crippen LogP contribution < -0.4 is 20.9 Å². The fraction of sp³-hybridized carbons (Fsp3) is 0.0952. The number of fused-ring (bicyclic) bond motifs is 1. The van der Waals surface area contributed by atoms with E-state index in [1.165, 1.54) is 24.3 Å². The van der Waals surface area contributed by atoms with Crippen molar-refractivity contribution in [3.05, 3.63) is 82.4 Å². The number of ether oxygens (including phenoxy) is 1. The van der Waals surface area contributed by atoms with Gasteiger partial charge in [-0.25, -0.2) is 0 Å². The first kappa shape index (κ1) is 21.7. The van der Waals surface area contributed by atoms with Crippen molar-refractivity contribution in [3.63, 3.8) is 0 Å². The summed E-state index contributed by atoms with van der Waals surface area (Å²) in [5.41, 5.74) is 5.51. The van der Waals surface area contributed by atoms with Crippen LogP contribution in [0.2, 0.25) is 0 Å². The van der Waals surface area contributed by atoms with Crippen LogP contribution in [0.25, 0.3) is 10.8 Å². The Balaban J connectivity index is 1.42. The van der Waals surface area contributed by atoms with Crippen molar-refractivity contribution in [3.8, 4) is 5.75 Å². The number of benzene rings is 3. The maximum Gasteiger partial charge on any atom is 0.276 e. The molecular formula is C21H18N4O5S. The quantitative estimate of drug-likeness (QED) is 0.307. The molecule has 3 rings (SSSR count). The van der Waals surface area contributed by atoms with Gasteiger partial charge in [-0.05, 0) is 40.7 Å². The second-order valence-corrected chi connectivity index (χ2v) is 6.81. The molecule has 3 N–H and O–H groups in total. The molecule has 0 spiro atoms. The number of nitrogens with zero attached hydrogens (tertiary/aromatic N) is 1. The molecule has 9 nitrogen and oxygen atoms in total. The molecule has 3 aromatic carbocycles. The Kier molecular flexibility index (Phi) is 7.07. The van der Waals surface area contributed by atoms with E-state index >= 15 is 0 Å². The van der Waals surface area contributed by atoms with Crippen LogP contribution in [0.1, 0.15) is 5.56 Å². The highest BCUT2D eigenvalue weighted by Crippen LogP contribution is 2.19. The average Bonchev–Trinajstić information content (AvgIpc) is 2.76. The van der Waals surface area contributed by atoms with Crippen LogP contribution in [0.3, 0.4) is 0 Å². The number of amides is 2. The number of carbonyl (C=O) groups is 2. The number of nitro benzene ring substituents is 1.